The second kappa shape index (κ2) is 17.0. The lowest BCUT2D eigenvalue weighted by molar-refractivity contribution is 0.0105. The zero-order valence-electron chi connectivity index (χ0n) is 36.0. The van der Waals surface area contributed by atoms with Crippen LogP contribution in [0, 0.1) is 10.3 Å². The number of ether oxygens (including phenoxy) is 1. The average molecular weight is 904 g/mol. The summed E-state index contributed by atoms with van der Waals surface area (Å²) in [7, 11) is -4.44. The number of carbonyl (C=O) groups is 1. The van der Waals surface area contributed by atoms with Crippen LogP contribution in [-0.4, -0.2) is 122 Å². The number of sulfonamides is 1. The number of morpholine rings is 1. The van der Waals surface area contributed by atoms with E-state index in [1.54, 1.807) is 23.0 Å². The van der Waals surface area contributed by atoms with Crippen LogP contribution >= 0.6 is 11.6 Å². The summed E-state index contributed by atoms with van der Waals surface area (Å²) in [5, 5.41) is 9.48. The number of piperazine rings is 1. The lowest BCUT2D eigenvalue weighted by Crippen LogP contribution is -2.61. The van der Waals surface area contributed by atoms with Gasteiger partial charge in [0.05, 0.1) is 46.8 Å². The first-order valence-corrected chi connectivity index (χ1v) is 23.8. The van der Waals surface area contributed by atoms with Crippen molar-refractivity contribution in [2.75, 3.05) is 81.9 Å². The van der Waals surface area contributed by atoms with E-state index in [0.29, 0.717) is 60.4 Å². The summed E-state index contributed by atoms with van der Waals surface area (Å²) in [6.07, 6.45) is 6.68. The summed E-state index contributed by atoms with van der Waals surface area (Å²) in [5.41, 5.74) is 8.30. The topological polar surface area (TPSA) is 161 Å². The first-order chi connectivity index (χ1) is 30.9. The van der Waals surface area contributed by atoms with Gasteiger partial charge in [-0.15, -0.1) is 4.91 Å². The van der Waals surface area contributed by atoms with Gasteiger partial charge in [0.25, 0.3) is 15.9 Å². The molecule has 10 rings (SSSR count). The fourth-order valence-electron chi connectivity index (χ4n) is 9.67. The van der Waals surface area contributed by atoms with E-state index >= 15 is 0 Å². The lowest BCUT2D eigenvalue weighted by Gasteiger charge is -2.47. The zero-order valence-corrected chi connectivity index (χ0v) is 37.5. The number of halogens is 1. The molecule has 0 radical (unpaired) electrons. The predicted molar refractivity (Wildman–Crippen MR) is 250 cm³/mol. The molecule has 4 aliphatic rings. The number of benzene rings is 3. The molecule has 17 heteroatoms. The fourth-order valence-corrected chi connectivity index (χ4v) is 10.8. The van der Waals surface area contributed by atoms with E-state index in [2.05, 4.69) is 60.7 Å². The van der Waals surface area contributed by atoms with Gasteiger partial charge in [-0.3, -0.25) is 14.6 Å². The predicted octanol–water partition coefficient (Wildman–Crippen LogP) is 7.38. The maximum atomic E-state index is 14.2. The van der Waals surface area contributed by atoms with Gasteiger partial charge in [0.1, 0.15) is 16.9 Å². The number of H-pyrrole nitrogens is 1. The van der Waals surface area contributed by atoms with Crippen molar-refractivity contribution in [3.63, 3.8) is 0 Å². The van der Waals surface area contributed by atoms with Crippen LogP contribution in [0.1, 0.15) is 49.0 Å². The molecule has 3 aliphatic heterocycles. The number of hydrogen-bond acceptors (Lipinski definition) is 12. The van der Waals surface area contributed by atoms with E-state index in [1.165, 1.54) is 28.8 Å². The number of pyridine rings is 1. The van der Waals surface area contributed by atoms with Crippen LogP contribution in [0.3, 0.4) is 0 Å². The van der Waals surface area contributed by atoms with Crippen molar-refractivity contribution in [2.24, 2.45) is 10.6 Å². The Kier molecular flexibility index (Phi) is 11.3. The Balaban J connectivity index is 0.898. The SMILES string of the molecule is CC1(C)CCC(CN2CCN(c3ccc(C(=O)NS(=O)(=O)c4ccc(N5CC(N6CCOCC6)C5)c(N=O)c4)c(-n4ncc5nc6[nH]ccc6cc54)c3)CC2)=C(c2ccc(Cl)cc2)C1. The van der Waals surface area contributed by atoms with Gasteiger partial charge in [0.15, 0.2) is 0 Å². The Hall–Kier alpha value is -5.65. The van der Waals surface area contributed by atoms with Crippen LogP contribution in [0.5, 0.6) is 0 Å². The van der Waals surface area contributed by atoms with E-state index in [9.17, 15) is 18.1 Å². The van der Waals surface area contributed by atoms with E-state index in [-0.39, 0.29) is 21.6 Å². The van der Waals surface area contributed by atoms with Crippen LogP contribution in [0.2, 0.25) is 5.02 Å². The van der Waals surface area contributed by atoms with Crippen molar-refractivity contribution in [3.8, 4) is 5.69 Å². The van der Waals surface area contributed by atoms with Crippen LogP contribution in [-0.2, 0) is 14.8 Å². The Bertz CT molecular complexity index is 2890. The molecule has 3 fully saturated rings. The van der Waals surface area contributed by atoms with Gasteiger partial charge < -0.3 is 19.5 Å². The molecule has 2 N–H and O–H groups in total. The minimum absolute atomic E-state index is 0.00566. The highest BCUT2D eigenvalue weighted by Gasteiger charge is 2.35. The molecule has 332 valence electrons. The minimum Gasteiger partial charge on any atom is -0.379 e. The summed E-state index contributed by atoms with van der Waals surface area (Å²) in [5.74, 6) is -0.841. The molecule has 0 spiro atoms. The maximum Gasteiger partial charge on any atom is 0.267 e. The number of aromatic amines is 1. The number of hydrogen-bond donors (Lipinski definition) is 2. The second-order valence-electron chi connectivity index (χ2n) is 18.1. The monoisotopic (exact) mass is 902 g/mol. The molecule has 3 aromatic carbocycles. The number of amides is 1. The summed E-state index contributed by atoms with van der Waals surface area (Å²) in [6.45, 7) is 13.3. The number of nitrogens with one attached hydrogen (secondary N) is 2. The molecule has 0 bridgehead atoms. The molecule has 6 heterocycles. The summed E-state index contributed by atoms with van der Waals surface area (Å²) < 4.78 is 37.2. The molecule has 3 aromatic heterocycles. The van der Waals surface area contributed by atoms with Crippen LogP contribution in [0.25, 0.3) is 33.3 Å². The summed E-state index contributed by atoms with van der Waals surface area (Å²) >= 11 is 6.27. The van der Waals surface area contributed by atoms with E-state index in [0.717, 1.165) is 81.2 Å². The summed E-state index contributed by atoms with van der Waals surface area (Å²) in [4.78, 5) is 43.1. The van der Waals surface area contributed by atoms with Crippen molar-refractivity contribution < 1.29 is 17.9 Å². The fraction of sp³-hybridized carbons (Fsp3) is 0.383. The van der Waals surface area contributed by atoms with Crippen molar-refractivity contribution in [1.82, 2.24) is 34.3 Å². The molecule has 1 amide bonds. The largest absolute Gasteiger partial charge is 0.379 e. The highest BCUT2D eigenvalue weighted by molar-refractivity contribution is 7.90. The first kappa shape index (κ1) is 42.3. The second-order valence-corrected chi connectivity index (χ2v) is 20.3. The van der Waals surface area contributed by atoms with E-state index in [4.69, 9.17) is 21.3 Å². The maximum absolute atomic E-state index is 14.2. The standard InChI is InChI=1S/C47H51ClN10O5S/c1-47(2)13-11-33(39(26-47)31-3-5-34(48)6-4-31)28-54-15-17-55(18-16-54)35-7-9-38(43(24-35)58-44-23-32-12-14-49-45(32)51-41(44)27-50-58)46(59)53-64(61,62)37-8-10-42(40(25-37)52-60)57-29-36(30-57)56-19-21-63-22-20-56/h3-10,12,14,23-25,27,36H,11,13,15-22,26,28-30H2,1-2H3,(H,49,51)(H,53,59). The highest BCUT2D eigenvalue weighted by Crippen LogP contribution is 2.43. The Labute approximate surface area is 377 Å². The number of anilines is 2. The number of allylic oxidation sites excluding steroid dienone is 1. The van der Waals surface area contributed by atoms with Crippen molar-refractivity contribution in [3.05, 3.63) is 112 Å². The average Bonchev–Trinajstić information content (AvgIpc) is 3.92. The van der Waals surface area contributed by atoms with Gasteiger partial charge in [-0.25, -0.2) is 22.8 Å². The highest BCUT2D eigenvalue weighted by atomic mass is 35.5. The van der Waals surface area contributed by atoms with Crippen molar-refractivity contribution in [1.29, 1.82) is 0 Å². The molecule has 3 saturated heterocycles. The molecule has 6 aromatic rings. The number of nitrogens with zero attached hydrogens (tertiary/aromatic N) is 8. The third-order valence-electron chi connectivity index (χ3n) is 13.4. The number of carbonyl (C=O) groups excluding carboxylic acids is 1. The quantitative estimate of drug-likeness (QED) is 0.125. The molecular weight excluding hydrogens is 852 g/mol. The van der Waals surface area contributed by atoms with Crippen LogP contribution in [0.4, 0.5) is 17.1 Å². The van der Waals surface area contributed by atoms with Crippen LogP contribution in [0.15, 0.2) is 101 Å². The van der Waals surface area contributed by atoms with Gasteiger partial charge in [-0.1, -0.05) is 43.2 Å². The van der Waals surface area contributed by atoms with E-state index in [1.807, 2.05) is 47.5 Å². The molecule has 0 saturated carbocycles. The number of rotatable bonds is 11. The Morgan fingerprint density at radius 1 is 0.938 bits per heavy atom. The number of nitroso groups, excluding NO2 is 1. The smallest absolute Gasteiger partial charge is 0.267 e. The van der Waals surface area contributed by atoms with Gasteiger partial charge >= 0.3 is 0 Å². The Morgan fingerprint density at radius 2 is 1.72 bits per heavy atom. The van der Waals surface area contributed by atoms with Crippen molar-refractivity contribution >= 4 is 72.2 Å². The van der Waals surface area contributed by atoms with Crippen LogP contribution < -0.4 is 14.5 Å². The normalized spacial score (nSPS) is 19.0. The molecule has 1 aliphatic carbocycles. The van der Waals surface area contributed by atoms with Crippen molar-refractivity contribution in [2.45, 2.75) is 44.0 Å². The van der Waals surface area contributed by atoms with E-state index < -0.39 is 15.9 Å². The molecule has 15 nitrogen and oxygen atoms in total. The van der Waals surface area contributed by atoms with Gasteiger partial charge in [-0.2, -0.15) is 5.10 Å². The molecular formula is C47H51ClN10O5S. The minimum atomic E-state index is -4.44. The number of aromatic nitrogens is 4. The molecule has 64 heavy (non-hydrogen) atoms. The Morgan fingerprint density at radius 3 is 2.48 bits per heavy atom. The lowest BCUT2D eigenvalue weighted by atomic mass is 9.72. The number of fused-ring (bicyclic) bond motifs is 2. The molecule has 0 atom stereocenters. The summed E-state index contributed by atoms with van der Waals surface area (Å²) in [6, 6.07) is 22.0. The zero-order chi connectivity index (χ0) is 44.2. The van der Waals surface area contributed by atoms with Gasteiger partial charge in [-0.05, 0) is 102 Å². The third-order valence-corrected chi connectivity index (χ3v) is 15.0. The molecule has 0 unspecified atom stereocenters. The van der Waals surface area contributed by atoms with Gasteiger partial charge in [0.2, 0.25) is 0 Å². The first-order valence-electron chi connectivity index (χ1n) is 21.9. The third kappa shape index (κ3) is 8.40. The van der Waals surface area contributed by atoms with Gasteiger partial charge in [0, 0.05) is 87.2 Å².